The molecule has 0 radical (unpaired) electrons. The molecule has 6 heteroatoms. The Balaban J connectivity index is 1.90. The number of carbonyl (C=O) groups excluding carboxylic acids is 1. The van der Waals surface area contributed by atoms with Crippen molar-refractivity contribution >= 4 is 5.91 Å². The van der Waals surface area contributed by atoms with Crippen molar-refractivity contribution in [2.75, 3.05) is 7.05 Å². The van der Waals surface area contributed by atoms with Gasteiger partial charge in [0.15, 0.2) is 0 Å². The number of aromatic amines is 1. The minimum absolute atomic E-state index is 0.0756. The van der Waals surface area contributed by atoms with Crippen LogP contribution in [0.1, 0.15) is 31.5 Å². The zero-order chi connectivity index (χ0) is 12.3. The van der Waals surface area contributed by atoms with E-state index in [0.717, 1.165) is 25.7 Å². The van der Waals surface area contributed by atoms with Gasteiger partial charge in [-0.15, -0.1) is 0 Å². The van der Waals surface area contributed by atoms with Crippen molar-refractivity contribution in [2.24, 2.45) is 11.7 Å². The summed E-state index contributed by atoms with van der Waals surface area (Å²) < 4.78 is 0. The molecular formula is C11H19N5O. The van der Waals surface area contributed by atoms with E-state index in [2.05, 4.69) is 15.2 Å². The van der Waals surface area contributed by atoms with Gasteiger partial charge in [-0.05, 0) is 19.3 Å². The molecule has 1 saturated carbocycles. The van der Waals surface area contributed by atoms with Crippen LogP contribution in [0.4, 0.5) is 0 Å². The molecule has 1 fully saturated rings. The SMILES string of the molecule is CN(Cc1ncn[nH]1)C(=O)C1CCCC(N)C1. The number of nitrogens with one attached hydrogen (secondary N) is 1. The second-order valence-electron chi connectivity index (χ2n) is 4.75. The van der Waals surface area contributed by atoms with Crippen molar-refractivity contribution in [2.45, 2.75) is 38.3 Å². The van der Waals surface area contributed by atoms with E-state index in [9.17, 15) is 4.79 Å². The van der Waals surface area contributed by atoms with Gasteiger partial charge < -0.3 is 10.6 Å². The van der Waals surface area contributed by atoms with Gasteiger partial charge in [-0.3, -0.25) is 9.89 Å². The first-order valence-corrected chi connectivity index (χ1v) is 6.01. The van der Waals surface area contributed by atoms with Crippen LogP contribution in [0.5, 0.6) is 0 Å². The van der Waals surface area contributed by atoms with Crippen LogP contribution in [-0.2, 0) is 11.3 Å². The van der Waals surface area contributed by atoms with Crippen LogP contribution in [0.25, 0.3) is 0 Å². The fraction of sp³-hybridized carbons (Fsp3) is 0.727. The third kappa shape index (κ3) is 3.03. The second-order valence-corrected chi connectivity index (χ2v) is 4.75. The highest BCUT2D eigenvalue weighted by atomic mass is 16.2. The molecule has 0 aromatic carbocycles. The fourth-order valence-corrected chi connectivity index (χ4v) is 2.37. The molecule has 0 bridgehead atoms. The van der Waals surface area contributed by atoms with Gasteiger partial charge in [-0.25, -0.2) is 4.98 Å². The number of carbonyl (C=O) groups is 1. The molecule has 3 N–H and O–H groups in total. The normalized spacial score (nSPS) is 24.6. The Labute approximate surface area is 101 Å². The topological polar surface area (TPSA) is 87.9 Å². The molecule has 1 amide bonds. The third-order valence-electron chi connectivity index (χ3n) is 3.29. The van der Waals surface area contributed by atoms with E-state index in [1.807, 2.05) is 0 Å². The molecule has 0 aliphatic heterocycles. The number of aromatic nitrogens is 3. The van der Waals surface area contributed by atoms with Crippen LogP contribution in [0.15, 0.2) is 6.33 Å². The van der Waals surface area contributed by atoms with E-state index in [-0.39, 0.29) is 17.9 Å². The predicted octanol–water partition coefficient (Wildman–Crippen LogP) is 0.281. The molecule has 1 aromatic rings. The molecule has 1 heterocycles. The molecular weight excluding hydrogens is 218 g/mol. The third-order valence-corrected chi connectivity index (χ3v) is 3.29. The van der Waals surface area contributed by atoms with Crippen molar-refractivity contribution in [3.05, 3.63) is 12.2 Å². The Kier molecular flexibility index (Phi) is 3.73. The van der Waals surface area contributed by atoms with Gasteiger partial charge in [0.1, 0.15) is 12.2 Å². The monoisotopic (exact) mass is 237 g/mol. The Morgan fingerprint density at radius 3 is 3.12 bits per heavy atom. The summed E-state index contributed by atoms with van der Waals surface area (Å²) >= 11 is 0. The minimum atomic E-state index is 0.0756. The molecule has 1 aliphatic carbocycles. The number of hydrogen-bond acceptors (Lipinski definition) is 4. The minimum Gasteiger partial charge on any atom is -0.338 e. The number of H-pyrrole nitrogens is 1. The smallest absolute Gasteiger partial charge is 0.225 e. The average molecular weight is 237 g/mol. The van der Waals surface area contributed by atoms with Crippen LogP contribution in [0.3, 0.4) is 0 Å². The van der Waals surface area contributed by atoms with Crippen LogP contribution in [-0.4, -0.2) is 39.1 Å². The maximum atomic E-state index is 12.2. The quantitative estimate of drug-likeness (QED) is 0.790. The van der Waals surface area contributed by atoms with Crippen LogP contribution in [0, 0.1) is 5.92 Å². The summed E-state index contributed by atoms with van der Waals surface area (Å²) in [6.45, 7) is 0.477. The van der Waals surface area contributed by atoms with E-state index >= 15 is 0 Å². The van der Waals surface area contributed by atoms with Gasteiger partial charge in [0.25, 0.3) is 0 Å². The predicted molar refractivity (Wildman–Crippen MR) is 62.8 cm³/mol. The number of rotatable bonds is 3. The maximum Gasteiger partial charge on any atom is 0.225 e. The Hall–Kier alpha value is -1.43. The second kappa shape index (κ2) is 5.27. The number of hydrogen-bond donors (Lipinski definition) is 2. The first kappa shape index (κ1) is 12.0. The number of nitrogens with two attached hydrogens (primary N) is 1. The maximum absolute atomic E-state index is 12.2. The number of nitrogens with zero attached hydrogens (tertiary/aromatic N) is 3. The molecule has 6 nitrogen and oxygen atoms in total. The zero-order valence-electron chi connectivity index (χ0n) is 10.1. The largest absolute Gasteiger partial charge is 0.338 e. The first-order valence-electron chi connectivity index (χ1n) is 6.01. The molecule has 94 valence electrons. The van der Waals surface area contributed by atoms with Gasteiger partial charge in [0.2, 0.25) is 5.91 Å². The zero-order valence-corrected chi connectivity index (χ0v) is 10.1. The van der Waals surface area contributed by atoms with Gasteiger partial charge in [0.05, 0.1) is 6.54 Å². The van der Waals surface area contributed by atoms with Crippen LogP contribution >= 0.6 is 0 Å². The fourth-order valence-electron chi connectivity index (χ4n) is 2.37. The summed E-state index contributed by atoms with van der Waals surface area (Å²) in [5.41, 5.74) is 5.90. The van der Waals surface area contributed by atoms with E-state index in [1.54, 1.807) is 11.9 Å². The lowest BCUT2D eigenvalue weighted by molar-refractivity contribution is -0.136. The van der Waals surface area contributed by atoms with Gasteiger partial charge in [-0.1, -0.05) is 6.42 Å². The van der Waals surface area contributed by atoms with E-state index < -0.39 is 0 Å². The lowest BCUT2D eigenvalue weighted by Gasteiger charge is -2.29. The average Bonchev–Trinajstić information content (AvgIpc) is 2.80. The molecule has 0 saturated heterocycles. The lowest BCUT2D eigenvalue weighted by Crippen LogP contribution is -2.38. The summed E-state index contributed by atoms with van der Waals surface area (Å²) in [5, 5.41) is 6.52. The molecule has 1 aliphatic rings. The molecule has 2 rings (SSSR count). The molecule has 2 atom stereocenters. The lowest BCUT2D eigenvalue weighted by atomic mass is 9.85. The van der Waals surface area contributed by atoms with Crippen molar-refractivity contribution in [3.8, 4) is 0 Å². The van der Waals surface area contributed by atoms with Crippen molar-refractivity contribution in [1.29, 1.82) is 0 Å². The van der Waals surface area contributed by atoms with E-state index in [0.29, 0.717) is 12.4 Å². The molecule has 1 aromatic heterocycles. The summed E-state index contributed by atoms with van der Waals surface area (Å²) in [6, 6.07) is 0.177. The van der Waals surface area contributed by atoms with Crippen molar-refractivity contribution in [3.63, 3.8) is 0 Å². The summed E-state index contributed by atoms with van der Waals surface area (Å²) in [4.78, 5) is 17.9. The van der Waals surface area contributed by atoms with Crippen molar-refractivity contribution in [1.82, 2.24) is 20.1 Å². The van der Waals surface area contributed by atoms with Gasteiger partial charge in [-0.2, -0.15) is 5.10 Å². The van der Waals surface area contributed by atoms with Gasteiger partial charge >= 0.3 is 0 Å². The Morgan fingerprint density at radius 1 is 1.65 bits per heavy atom. The summed E-state index contributed by atoms with van der Waals surface area (Å²) in [7, 11) is 1.80. The van der Waals surface area contributed by atoms with Crippen molar-refractivity contribution < 1.29 is 4.79 Å². The first-order chi connectivity index (χ1) is 8.16. The van der Waals surface area contributed by atoms with Crippen LogP contribution in [0.2, 0.25) is 0 Å². The highest BCUT2D eigenvalue weighted by molar-refractivity contribution is 5.78. The molecule has 0 spiro atoms. The number of amides is 1. The standard InChI is InChI=1S/C11H19N5O/c1-16(6-10-13-7-14-15-10)11(17)8-3-2-4-9(12)5-8/h7-9H,2-6,12H2,1H3,(H,13,14,15). The summed E-state index contributed by atoms with van der Waals surface area (Å²) in [5.74, 6) is 0.948. The molecule has 17 heavy (non-hydrogen) atoms. The van der Waals surface area contributed by atoms with E-state index in [4.69, 9.17) is 5.73 Å². The highest BCUT2D eigenvalue weighted by Crippen LogP contribution is 2.24. The molecule has 2 unspecified atom stereocenters. The van der Waals surface area contributed by atoms with E-state index in [1.165, 1.54) is 6.33 Å². The highest BCUT2D eigenvalue weighted by Gasteiger charge is 2.27. The van der Waals surface area contributed by atoms with Gasteiger partial charge in [0, 0.05) is 19.0 Å². The summed E-state index contributed by atoms with van der Waals surface area (Å²) in [6.07, 6.45) is 5.29. The Morgan fingerprint density at radius 2 is 2.47 bits per heavy atom. The van der Waals surface area contributed by atoms with Crippen LogP contribution < -0.4 is 5.73 Å². The Bertz CT molecular complexity index is 364.